The van der Waals surface area contributed by atoms with E-state index in [2.05, 4.69) is 54.9 Å². The molecule has 0 aliphatic rings. The third kappa shape index (κ3) is 4.97. The van der Waals surface area contributed by atoms with Crippen LogP contribution in [0.4, 0.5) is 0 Å². The number of hydrogen-bond acceptors (Lipinski definition) is 3. The molecule has 1 aromatic heterocycles. The summed E-state index contributed by atoms with van der Waals surface area (Å²) in [6.07, 6.45) is 2.66. The van der Waals surface area contributed by atoms with E-state index in [1.165, 1.54) is 11.1 Å². The Morgan fingerprint density at radius 2 is 1.93 bits per heavy atom. The van der Waals surface area contributed by atoms with Crippen molar-refractivity contribution in [1.29, 1.82) is 0 Å². The second-order valence-electron chi connectivity index (χ2n) is 7.87. The van der Waals surface area contributed by atoms with Crippen LogP contribution in [0, 0.1) is 6.92 Å². The second-order valence-corrected chi connectivity index (χ2v) is 7.87. The molecule has 0 radical (unpaired) electrons. The summed E-state index contributed by atoms with van der Waals surface area (Å²) < 4.78 is 8.33. The first-order valence-corrected chi connectivity index (χ1v) is 10.4. The van der Waals surface area contributed by atoms with E-state index in [-0.39, 0.29) is 6.04 Å². The molecule has 0 fully saturated rings. The van der Waals surface area contributed by atoms with Crippen LogP contribution in [0.5, 0.6) is 5.75 Å². The number of para-hydroxylation sites is 2. The SMILES string of the molecule is Cc1ccc(C(C)C)c(OCCCCn2c(C(C)NC=O)nc3ccccc32)c1. The largest absolute Gasteiger partial charge is 0.493 e. The maximum Gasteiger partial charge on any atom is 0.207 e. The Labute approximate surface area is 173 Å². The second kappa shape index (κ2) is 9.59. The van der Waals surface area contributed by atoms with Crippen molar-refractivity contribution in [2.75, 3.05) is 6.61 Å². The number of aromatic nitrogens is 2. The minimum absolute atomic E-state index is 0.128. The number of amides is 1. The molecule has 0 aliphatic heterocycles. The average molecular weight is 394 g/mol. The number of unbranched alkanes of at least 4 members (excludes halogenated alkanes) is 1. The van der Waals surface area contributed by atoms with Crippen molar-refractivity contribution >= 4 is 17.4 Å². The number of hydrogen-bond donors (Lipinski definition) is 1. The van der Waals surface area contributed by atoms with Gasteiger partial charge >= 0.3 is 0 Å². The number of nitrogens with one attached hydrogen (secondary N) is 1. The highest BCUT2D eigenvalue weighted by Crippen LogP contribution is 2.28. The highest BCUT2D eigenvalue weighted by atomic mass is 16.5. The Morgan fingerprint density at radius 1 is 1.14 bits per heavy atom. The normalized spacial score (nSPS) is 12.3. The molecule has 1 heterocycles. The summed E-state index contributed by atoms with van der Waals surface area (Å²) in [6.45, 7) is 9.97. The van der Waals surface area contributed by atoms with Crippen LogP contribution in [-0.4, -0.2) is 22.6 Å². The predicted octanol–water partition coefficient (Wildman–Crippen LogP) is 5.13. The lowest BCUT2D eigenvalue weighted by Crippen LogP contribution is -2.20. The van der Waals surface area contributed by atoms with Gasteiger partial charge in [-0.1, -0.05) is 38.1 Å². The molecule has 1 atom stereocenters. The first kappa shape index (κ1) is 20.9. The number of fused-ring (bicyclic) bond motifs is 1. The molecule has 0 bridgehead atoms. The summed E-state index contributed by atoms with van der Waals surface area (Å²) in [7, 11) is 0. The van der Waals surface area contributed by atoms with Crippen molar-refractivity contribution in [1.82, 2.24) is 14.9 Å². The fraction of sp³-hybridized carbons (Fsp3) is 0.417. The summed E-state index contributed by atoms with van der Waals surface area (Å²) in [5.74, 6) is 2.33. The number of ether oxygens (including phenoxy) is 1. The van der Waals surface area contributed by atoms with E-state index >= 15 is 0 Å². The number of imidazole rings is 1. The Kier molecular flexibility index (Phi) is 6.91. The van der Waals surface area contributed by atoms with Gasteiger partial charge in [0.05, 0.1) is 23.7 Å². The van der Waals surface area contributed by atoms with E-state index < -0.39 is 0 Å². The molecular formula is C24H31N3O2. The van der Waals surface area contributed by atoms with E-state index in [0.717, 1.165) is 48.4 Å². The average Bonchev–Trinajstić information content (AvgIpc) is 3.06. The van der Waals surface area contributed by atoms with E-state index in [1.807, 2.05) is 25.1 Å². The van der Waals surface area contributed by atoms with Crippen LogP contribution in [-0.2, 0) is 11.3 Å². The highest BCUT2D eigenvalue weighted by Gasteiger charge is 2.15. The van der Waals surface area contributed by atoms with Crippen LogP contribution >= 0.6 is 0 Å². The highest BCUT2D eigenvalue weighted by molar-refractivity contribution is 5.76. The van der Waals surface area contributed by atoms with Crippen molar-refractivity contribution in [3.8, 4) is 5.75 Å². The Bertz CT molecular complexity index is 962. The van der Waals surface area contributed by atoms with Gasteiger partial charge in [0.2, 0.25) is 6.41 Å². The number of rotatable bonds is 10. The van der Waals surface area contributed by atoms with Crippen molar-refractivity contribution in [3.63, 3.8) is 0 Å². The zero-order chi connectivity index (χ0) is 20.8. The van der Waals surface area contributed by atoms with E-state index in [4.69, 9.17) is 9.72 Å². The molecule has 0 saturated heterocycles. The van der Waals surface area contributed by atoms with Gasteiger partial charge in [0.15, 0.2) is 0 Å². The third-order valence-electron chi connectivity index (χ3n) is 5.21. The molecular weight excluding hydrogens is 362 g/mol. The molecule has 1 amide bonds. The minimum atomic E-state index is -0.128. The molecule has 0 spiro atoms. The number of carbonyl (C=O) groups is 1. The number of nitrogens with zero attached hydrogens (tertiary/aromatic N) is 2. The molecule has 1 unspecified atom stereocenters. The summed E-state index contributed by atoms with van der Waals surface area (Å²) in [4.78, 5) is 15.6. The zero-order valence-electron chi connectivity index (χ0n) is 17.8. The first-order chi connectivity index (χ1) is 14.0. The van der Waals surface area contributed by atoms with Gasteiger partial charge in [-0.3, -0.25) is 4.79 Å². The van der Waals surface area contributed by atoms with Crippen LogP contribution in [0.25, 0.3) is 11.0 Å². The minimum Gasteiger partial charge on any atom is -0.493 e. The van der Waals surface area contributed by atoms with Crippen molar-refractivity contribution in [3.05, 3.63) is 59.4 Å². The summed E-state index contributed by atoms with van der Waals surface area (Å²) in [5, 5.41) is 2.82. The molecule has 2 aromatic carbocycles. The monoisotopic (exact) mass is 393 g/mol. The quantitative estimate of drug-likeness (QED) is 0.383. The van der Waals surface area contributed by atoms with Gasteiger partial charge in [0, 0.05) is 6.54 Å². The van der Waals surface area contributed by atoms with Crippen molar-refractivity contribution in [2.45, 2.75) is 59.0 Å². The number of benzene rings is 2. The lowest BCUT2D eigenvalue weighted by Gasteiger charge is -2.16. The summed E-state index contributed by atoms with van der Waals surface area (Å²) in [6, 6.07) is 14.4. The third-order valence-corrected chi connectivity index (χ3v) is 5.21. The van der Waals surface area contributed by atoms with E-state index in [1.54, 1.807) is 0 Å². The molecule has 5 nitrogen and oxygen atoms in total. The predicted molar refractivity (Wildman–Crippen MR) is 117 cm³/mol. The fourth-order valence-electron chi connectivity index (χ4n) is 3.63. The van der Waals surface area contributed by atoms with Crippen LogP contribution in [0.2, 0.25) is 0 Å². The standard InChI is InChI=1S/C24H31N3O2/c1-17(2)20-12-11-18(3)15-23(20)29-14-8-7-13-27-22-10-6-5-9-21(22)26-24(27)19(4)25-16-28/h5-6,9-12,15-17,19H,7-8,13-14H2,1-4H3,(H,25,28). The lowest BCUT2D eigenvalue weighted by molar-refractivity contribution is -0.110. The molecule has 0 aliphatic carbocycles. The summed E-state index contributed by atoms with van der Waals surface area (Å²) in [5.41, 5.74) is 4.53. The Balaban J connectivity index is 1.64. The van der Waals surface area contributed by atoms with Gasteiger partial charge < -0.3 is 14.6 Å². The van der Waals surface area contributed by atoms with Gasteiger partial charge in [0.25, 0.3) is 0 Å². The molecule has 0 saturated carbocycles. The topological polar surface area (TPSA) is 56.1 Å². The van der Waals surface area contributed by atoms with E-state index in [0.29, 0.717) is 12.5 Å². The van der Waals surface area contributed by atoms with Crippen LogP contribution < -0.4 is 10.1 Å². The first-order valence-electron chi connectivity index (χ1n) is 10.4. The smallest absolute Gasteiger partial charge is 0.207 e. The Hall–Kier alpha value is -2.82. The number of carbonyl (C=O) groups excluding carboxylic acids is 1. The van der Waals surface area contributed by atoms with Gasteiger partial charge in [0.1, 0.15) is 11.6 Å². The van der Waals surface area contributed by atoms with Gasteiger partial charge in [-0.15, -0.1) is 0 Å². The summed E-state index contributed by atoms with van der Waals surface area (Å²) >= 11 is 0. The van der Waals surface area contributed by atoms with Crippen LogP contribution in [0.15, 0.2) is 42.5 Å². The maximum atomic E-state index is 10.9. The Morgan fingerprint density at radius 3 is 2.69 bits per heavy atom. The number of aryl methyl sites for hydroxylation is 2. The van der Waals surface area contributed by atoms with Crippen molar-refractivity contribution in [2.24, 2.45) is 0 Å². The molecule has 3 rings (SSSR count). The molecule has 3 aromatic rings. The van der Waals surface area contributed by atoms with Gasteiger partial charge in [-0.2, -0.15) is 0 Å². The molecule has 5 heteroatoms. The molecule has 154 valence electrons. The zero-order valence-corrected chi connectivity index (χ0v) is 17.8. The lowest BCUT2D eigenvalue weighted by atomic mass is 10.0. The van der Waals surface area contributed by atoms with Gasteiger partial charge in [-0.25, -0.2) is 4.98 Å². The van der Waals surface area contributed by atoms with Crippen molar-refractivity contribution < 1.29 is 9.53 Å². The van der Waals surface area contributed by atoms with E-state index in [9.17, 15) is 4.79 Å². The molecule has 29 heavy (non-hydrogen) atoms. The van der Waals surface area contributed by atoms with Crippen LogP contribution in [0.1, 0.15) is 62.5 Å². The van der Waals surface area contributed by atoms with Crippen LogP contribution in [0.3, 0.4) is 0 Å². The molecule has 1 N–H and O–H groups in total. The fourth-order valence-corrected chi connectivity index (χ4v) is 3.63. The van der Waals surface area contributed by atoms with Gasteiger partial charge in [-0.05, 0) is 61.9 Å². The maximum absolute atomic E-state index is 10.9.